The van der Waals surface area contributed by atoms with Crippen LogP contribution in [0.25, 0.3) is 0 Å². The normalized spacial score (nSPS) is 18.8. The molecule has 1 aliphatic heterocycles. The van der Waals surface area contributed by atoms with Crippen LogP contribution in [-0.4, -0.2) is 28.8 Å². The van der Waals surface area contributed by atoms with Crippen LogP contribution in [-0.2, 0) is 11.2 Å². The molecule has 3 rings (SSSR count). The fourth-order valence-corrected chi connectivity index (χ4v) is 3.61. The molecule has 0 aromatic heterocycles. The molecule has 1 unspecified atom stereocenters. The van der Waals surface area contributed by atoms with Crippen LogP contribution in [0.2, 0.25) is 0 Å². The summed E-state index contributed by atoms with van der Waals surface area (Å²) >= 11 is 3.14. The summed E-state index contributed by atoms with van der Waals surface area (Å²) in [5, 5.41) is 3.09. The third-order valence-corrected chi connectivity index (χ3v) is 5.29. The van der Waals surface area contributed by atoms with Crippen LogP contribution in [0.3, 0.4) is 0 Å². The second-order valence-electron chi connectivity index (χ2n) is 7.06. The third-order valence-electron chi connectivity index (χ3n) is 4.78. The lowest BCUT2D eigenvalue weighted by Crippen LogP contribution is -2.56. The predicted molar refractivity (Wildman–Crippen MR) is 122 cm³/mol. The molecule has 5 N–H and O–H groups in total. The van der Waals surface area contributed by atoms with Gasteiger partial charge in [-0.05, 0) is 56.0 Å². The molecule has 0 aliphatic carbocycles. The fourth-order valence-electron chi connectivity index (χ4n) is 3.47. The number of aliphatic imine (C=N–C) groups is 2. The van der Waals surface area contributed by atoms with Crippen molar-refractivity contribution in [1.82, 2.24) is 0 Å². The molecule has 8 heteroatoms. The number of aryl methyl sites for hydroxylation is 1. The standard InChI is InChI=1S/C21H25BrN6O/c1-21(13-5-6-15-9-11-16(12-10-15)25-18(29)14-22)27-19(23)26-20(24)28(21)17-7-3-2-4-8-17/h2-4,7-12H,5-6,13-14H2,1H3,(H,25,29)(H4,23,24,26,27). The first-order chi connectivity index (χ1) is 13.9. The number of carbonyl (C=O) groups excluding carboxylic acids is 1. The minimum atomic E-state index is -0.610. The molecule has 2 aromatic rings. The molecule has 1 aliphatic rings. The van der Waals surface area contributed by atoms with E-state index in [1.807, 2.05) is 66.4 Å². The van der Waals surface area contributed by atoms with E-state index >= 15 is 0 Å². The Morgan fingerprint density at radius 3 is 2.48 bits per heavy atom. The van der Waals surface area contributed by atoms with Crippen molar-refractivity contribution in [2.24, 2.45) is 21.5 Å². The van der Waals surface area contributed by atoms with Gasteiger partial charge in [0.05, 0.1) is 5.33 Å². The Kier molecular flexibility index (Phi) is 6.53. The minimum Gasteiger partial charge on any atom is -0.369 e. The second kappa shape index (κ2) is 9.09. The van der Waals surface area contributed by atoms with Gasteiger partial charge in [0.25, 0.3) is 0 Å². The quantitative estimate of drug-likeness (QED) is 0.555. The Bertz CT molecular complexity index is 913. The molecule has 0 fully saturated rings. The number of halogens is 1. The SMILES string of the molecule is CC1(CCCc2ccc(NC(=O)CBr)cc2)N=C(N)N=C(N)N1c1ccccc1. The van der Waals surface area contributed by atoms with Crippen LogP contribution in [0.4, 0.5) is 11.4 Å². The Morgan fingerprint density at radius 1 is 1.14 bits per heavy atom. The molecule has 1 heterocycles. The van der Waals surface area contributed by atoms with Crippen molar-refractivity contribution in [2.45, 2.75) is 31.8 Å². The van der Waals surface area contributed by atoms with E-state index in [-0.39, 0.29) is 17.2 Å². The molecule has 0 saturated carbocycles. The van der Waals surface area contributed by atoms with E-state index in [0.717, 1.165) is 30.6 Å². The molecule has 1 atom stereocenters. The van der Waals surface area contributed by atoms with Crippen molar-refractivity contribution in [3.8, 4) is 0 Å². The van der Waals surface area contributed by atoms with Gasteiger partial charge in [-0.3, -0.25) is 9.69 Å². The first-order valence-corrected chi connectivity index (χ1v) is 10.5. The average molecular weight is 457 g/mol. The molecule has 1 amide bonds. The van der Waals surface area contributed by atoms with Crippen molar-refractivity contribution in [2.75, 3.05) is 15.5 Å². The minimum absolute atomic E-state index is 0.0707. The average Bonchev–Trinajstić information content (AvgIpc) is 2.69. The molecule has 0 saturated heterocycles. The molecule has 29 heavy (non-hydrogen) atoms. The van der Waals surface area contributed by atoms with Crippen molar-refractivity contribution in [1.29, 1.82) is 0 Å². The highest BCUT2D eigenvalue weighted by Crippen LogP contribution is 2.31. The maximum absolute atomic E-state index is 11.4. The largest absolute Gasteiger partial charge is 0.369 e. The first kappa shape index (κ1) is 20.9. The molecule has 0 bridgehead atoms. The highest BCUT2D eigenvalue weighted by atomic mass is 79.9. The molecule has 2 aromatic carbocycles. The van der Waals surface area contributed by atoms with Crippen molar-refractivity contribution < 1.29 is 4.79 Å². The lowest BCUT2D eigenvalue weighted by atomic mass is 9.98. The first-order valence-electron chi connectivity index (χ1n) is 9.41. The van der Waals surface area contributed by atoms with Crippen LogP contribution in [0, 0.1) is 0 Å². The lowest BCUT2D eigenvalue weighted by Gasteiger charge is -2.41. The van der Waals surface area contributed by atoms with E-state index in [1.165, 1.54) is 5.56 Å². The maximum atomic E-state index is 11.4. The summed E-state index contributed by atoms with van der Waals surface area (Å²) in [6.07, 6.45) is 2.51. The van der Waals surface area contributed by atoms with Gasteiger partial charge in [0.2, 0.25) is 17.8 Å². The van der Waals surface area contributed by atoms with Gasteiger partial charge in [-0.2, -0.15) is 4.99 Å². The van der Waals surface area contributed by atoms with Crippen molar-refractivity contribution in [3.05, 3.63) is 60.2 Å². The number of carbonyl (C=O) groups is 1. The number of amides is 1. The van der Waals surface area contributed by atoms with Crippen molar-refractivity contribution >= 4 is 45.1 Å². The third kappa shape index (κ3) is 5.14. The van der Waals surface area contributed by atoms with E-state index in [9.17, 15) is 4.79 Å². The second-order valence-corrected chi connectivity index (χ2v) is 7.62. The summed E-state index contributed by atoms with van der Waals surface area (Å²) in [5.74, 6) is 0.473. The molecule has 152 valence electrons. The number of rotatable bonds is 7. The number of hydrogen-bond acceptors (Lipinski definition) is 6. The summed E-state index contributed by atoms with van der Waals surface area (Å²) < 4.78 is 0. The van der Waals surface area contributed by atoms with Gasteiger partial charge in [0.1, 0.15) is 5.66 Å². The number of para-hydroxylation sites is 1. The van der Waals surface area contributed by atoms with Crippen LogP contribution < -0.4 is 21.7 Å². The van der Waals surface area contributed by atoms with E-state index < -0.39 is 5.66 Å². The fraction of sp³-hybridized carbons (Fsp3) is 0.286. The molecular formula is C21H25BrN6O. The molecule has 7 nitrogen and oxygen atoms in total. The predicted octanol–water partition coefficient (Wildman–Crippen LogP) is 3.21. The zero-order valence-corrected chi connectivity index (χ0v) is 17.9. The summed E-state index contributed by atoms with van der Waals surface area (Å²) in [5.41, 5.74) is 14.4. The van der Waals surface area contributed by atoms with E-state index in [2.05, 4.69) is 31.2 Å². The topological polar surface area (TPSA) is 109 Å². The van der Waals surface area contributed by atoms with Gasteiger partial charge >= 0.3 is 0 Å². The van der Waals surface area contributed by atoms with Gasteiger partial charge in [-0.15, -0.1) is 0 Å². The van der Waals surface area contributed by atoms with E-state index in [1.54, 1.807) is 0 Å². The number of anilines is 2. The number of benzene rings is 2. The van der Waals surface area contributed by atoms with Gasteiger partial charge in [0.15, 0.2) is 0 Å². The van der Waals surface area contributed by atoms with Crippen LogP contribution >= 0.6 is 15.9 Å². The van der Waals surface area contributed by atoms with Crippen LogP contribution in [0.1, 0.15) is 25.3 Å². The highest BCUT2D eigenvalue weighted by molar-refractivity contribution is 9.09. The van der Waals surface area contributed by atoms with Crippen LogP contribution in [0.5, 0.6) is 0 Å². The zero-order chi connectivity index (χ0) is 20.9. The summed E-state index contributed by atoms with van der Waals surface area (Å²) in [7, 11) is 0. The Morgan fingerprint density at radius 2 is 1.83 bits per heavy atom. The number of guanidine groups is 2. The summed E-state index contributed by atoms with van der Waals surface area (Å²) in [6, 6.07) is 17.7. The van der Waals surface area contributed by atoms with Crippen LogP contribution in [0.15, 0.2) is 64.6 Å². The number of nitrogens with two attached hydrogens (primary N) is 2. The lowest BCUT2D eigenvalue weighted by molar-refractivity contribution is -0.113. The van der Waals surface area contributed by atoms with Gasteiger partial charge in [-0.1, -0.05) is 46.3 Å². The van der Waals surface area contributed by atoms with Gasteiger partial charge in [0, 0.05) is 11.4 Å². The highest BCUT2D eigenvalue weighted by Gasteiger charge is 2.36. The number of alkyl halides is 1. The summed E-state index contributed by atoms with van der Waals surface area (Å²) in [4.78, 5) is 22.1. The monoisotopic (exact) mass is 456 g/mol. The molecule has 0 spiro atoms. The van der Waals surface area contributed by atoms with E-state index in [4.69, 9.17) is 11.5 Å². The van der Waals surface area contributed by atoms with Gasteiger partial charge < -0.3 is 16.8 Å². The van der Waals surface area contributed by atoms with Crippen molar-refractivity contribution in [3.63, 3.8) is 0 Å². The summed E-state index contributed by atoms with van der Waals surface area (Å²) in [6.45, 7) is 2.02. The Hall–Kier alpha value is -2.87. The molecule has 0 radical (unpaired) electrons. The Balaban J connectivity index is 1.68. The number of nitrogens with zero attached hydrogens (tertiary/aromatic N) is 3. The number of hydrogen-bond donors (Lipinski definition) is 3. The zero-order valence-electron chi connectivity index (χ0n) is 16.3. The smallest absolute Gasteiger partial charge is 0.235 e. The van der Waals surface area contributed by atoms with E-state index in [0.29, 0.717) is 5.96 Å². The number of nitrogens with one attached hydrogen (secondary N) is 1. The molecular weight excluding hydrogens is 432 g/mol. The maximum Gasteiger partial charge on any atom is 0.235 e. The Labute approximate surface area is 179 Å². The van der Waals surface area contributed by atoms with Gasteiger partial charge in [-0.25, -0.2) is 4.99 Å².